The van der Waals surface area contributed by atoms with E-state index in [-0.39, 0.29) is 19.1 Å². The van der Waals surface area contributed by atoms with Crippen molar-refractivity contribution in [2.75, 3.05) is 13.7 Å². The zero-order valence-electron chi connectivity index (χ0n) is 14.5. The number of aromatic nitrogens is 2. The fourth-order valence-electron chi connectivity index (χ4n) is 2.28. The van der Waals surface area contributed by atoms with Crippen LogP contribution in [-0.2, 0) is 11.3 Å². The Morgan fingerprint density at radius 3 is 2.69 bits per heavy atom. The molecule has 134 valence electrons. The summed E-state index contributed by atoms with van der Waals surface area (Å²) in [5, 5.41) is 8.02. The number of amides is 1. The van der Waals surface area contributed by atoms with E-state index in [1.807, 2.05) is 55.5 Å². The third-order valence-electron chi connectivity index (χ3n) is 3.72. The molecule has 3 rings (SSSR count). The fraction of sp³-hybridized carbons (Fsp3) is 0.211. The van der Waals surface area contributed by atoms with Crippen molar-refractivity contribution < 1.29 is 13.9 Å². The number of rotatable bonds is 6. The van der Waals surface area contributed by atoms with Crippen molar-refractivity contribution in [3.05, 3.63) is 64.5 Å². The highest BCUT2D eigenvalue weighted by molar-refractivity contribution is 9.10. The first-order valence-electron chi connectivity index (χ1n) is 8.03. The second-order valence-corrected chi connectivity index (χ2v) is 6.69. The molecular weight excluding hydrogens is 398 g/mol. The largest absolute Gasteiger partial charge is 0.483 e. The lowest BCUT2D eigenvalue weighted by atomic mass is 10.2. The van der Waals surface area contributed by atoms with E-state index >= 15 is 0 Å². The standard InChI is InChI=1S/C19H18BrN3O3/c1-13-8-9-16(15(20)10-13)25-12-18(24)23(2)11-17-21-22-19(26-17)14-6-4-3-5-7-14/h3-10H,11-12H2,1-2H3. The lowest BCUT2D eigenvalue weighted by Gasteiger charge is -2.16. The van der Waals surface area contributed by atoms with Crippen LogP contribution in [0.4, 0.5) is 0 Å². The summed E-state index contributed by atoms with van der Waals surface area (Å²) in [4.78, 5) is 13.8. The minimum absolute atomic E-state index is 0.0716. The van der Waals surface area contributed by atoms with E-state index in [1.165, 1.54) is 4.90 Å². The summed E-state index contributed by atoms with van der Waals surface area (Å²) < 4.78 is 12.0. The maximum absolute atomic E-state index is 12.3. The normalized spacial score (nSPS) is 10.6. The van der Waals surface area contributed by atoms with Crippen LogP contribution >= 0.6 is 15.9 Å². The van der Waals surface area contributed by atoms with Crippen LogP contribution in [0, 0.1) is 6.92 Å². The Hall–Kier alpha value is -2.67. The number of benzene rings is 2. The van der Waals surface area contributed by atoms with Gasteiger partial charge in [0.25, 0.3) is 5.91 Å². The summed E-state index contributed by atoms with van der Waals surface area (Å²) in [5.41, 5.74) is 1.95. The molecule has 7 heteroatoms. The van der Waals surface area contributed by atoms with Gasteiger partial charge in [-0.25, -0.2) is 0 Å². The molecule has 2 aromatic carbocycles. The quantitative estimate of drug-likeness (QED) is 0.611. The van der Waals surface area contributed by atoms with Crippen LogP contribution in [0.15, 0.2) is 57.4 Å². The highest BCUT2D eigenvalue weighted by Crippen LogP contribution is 2.25. The molecular formula is C19H18BrN3O3. The second kappa shape index (κ2) is 8.14. The number of ether oxygens (including phenoxy) is 1. The fourth-order valence-corrected chi connectivity index (χ4v) is 2.89. The minimum atomic E-state index is -0.183. The summed E-state index contributed by atoms with van der Waals surface area (Å²) >= 11 is 3.43. The van der Waals surface area contributed by atoms with Gasteiger partial charge >= 0.3 is 0 Å². The van der Waals surface area contributed by atoms with Crippen LogP contribution in [0.1, 0.15) is 11.5 Å². The number of likely N-dealkylation sites (N-methyl/N-ethyl adjacent to an activating group) is 1. The van der Waals surface area contributed by atoms with Crippen LogP contribution in [0.25, 0.3) is 11.5 Å². The van der Waals surface area contributed by atoms with Crippen molar-refractivity contribution in [1.29, 1.82) is 0 Å². The first-order chi connectivity index (χ1) is 12.5. The van der Waals surface area contributed by atoms with Gasteiger partial charge in [0.1, 0.15) is 5.75 Å². The lowest BCUT2D eigenvalue weighted by molar-refractivity contribution is -0.132. The van der Waals surface area contributed by atoms with E-state index < -0.39 is 0 Å². The smallest absolute Gasteiger partial charge is 0.260 e. The number of carbonyl (C=O) groups excluding carboxylic acids is 1. The molecule has 0 N–H and O–H groups in total. The van der Waals surface area contributed by atoms with Crippen LogP contribution < -0.4 is 4.74 Å². The number of aryl methyl sites for hydroxylation is 1. The molecule has 1 aromatic heterocycles. The van der Waals surface area contributed by atoms with Gasteiger partial charge in [-0.1, -0.05) is 24.3 Å². The van der Waals surface area contributed by atoms with Gasteiger partial charge in [-0.05, 0) is 52.7 Å². The predicted molar refractivity (Wildman–Crippen MR) is 101 cm³/mol. The molecule has 0 unspecified atom stereocenters. The average Bonchev–Trinajstić information content (AvgIpc) is 3.10. The van der Waals surface area contributed by atoms with E-state index in [9.17, 15) is 4.79 Å². The van der Waals surface area contributed by atoms with Crippen molar-refractivity contribution >= 4 is 21.8 Å². The van der Waals surface area contributed by atoms with Crippen molar-refractivity contribution in [3.8, 4) is 17.2 Å². The molecule has 0 spiro atoms. The molecule has 1 heterocycles. The van der Waals surface area contributed by atoms with Gasteiger partial charge in [0.05, 0.1) is 11.0 Å². The molecule has 0 aliphatic heterocycles. The van der Waals surface area contributed by atoms with E-state index in [4.69, 9.17) is 9.15 Å². The molecule has 0 saturated carbocycles. The van der Waals surface area contributed by atoms with Crippen LogP contribution in [0.5, 0.6) is 5.75 Å². The number of hydrogen-bond donors (Lipinski definition) is 0. The first-order valence-corrected chi connectivity index (χ1v) is 8.83. The zero-order valence-corrected chi connectivity index (χ0v) is 16.1. The summed E-state index contributed by atoms with van der Waals surface area (Å²) in [7, 11) is 1.67. The van der Waals surface area contributed by atoms with Gasteiger partial charge in [0.15, 0.2) is 6.61 Å². The maximum atomic E-state index is 12.3. The zero-order chi connectivity index (χ0) is 18.5. The molecule has 0 atom stereocenters. The van der Waals surface area contributed by atoms with Crippen LogP contribution in [0.2, 0.25) is 0 Å². The Morgan fingerprint density at radius 2 is 1.96 bits per heavy atom. The SMILES string of the molecule is Cc1ccc(OCC(=O)N(C)Cc2nnc(-c3ccccc3)o2)c(Br)c1. The van der Waals surface area contributed by atoms with Crippen molar-refractivity contribution in [2.24, 2.45) is 0 Å². The second-order valence-electron chi connectivity index (χ2n) is 5.84. The van der Waals surface area contributed by atoms with E-state index in [1.54, 1.807) is 7.05 Å². The molecule has 0 aliphatic carbocycles. The molecule has 0 bridgehead atoms. The van der Waals surface area contributed by atoms with Crippen LogP contribution in [-0.4, -0.2) is 34.7 Å². The summed E-state index contributed by atoms with van der Waals surface area (Å²) in [6.07, 6.45) is 0. The van der Waals surface area contributed by atoms with Crippen molar-refractivity contribution in [1.82, 2.24) is 15.1 Å². The van der Waals surface area contributed by atoms with E-state index in [0.29, 0.717) is 17.5 Å². The Balaban J connectivity index is 1.57. The maximum Gasteiger partial charge on any atom is 0.260 e. The van der Waals surface area contributed by atoms with Gasteiger partial charge in [0.2, 0.25) is 11.8 Å². The Bertz CT molecular complexity index is 896. The molecule has 0 saturated heterocycles. The Labute approximate surface area is 159 Å². The van der Waals surface area contributed by atoms with Crippen molar-refractivity contribution in [3.63, 3.8) is 0 Å². The van der Waals surface area contributed by atoms with E-state index in [0.717, 1.165) is 15.6 Å². The monoisotopic (exact) mass is 415 g/mol. The molecule has 0 radical (unpaired) electrons. The predicted octanol–water partition coefficient (Wildman–Crippen LogP) is 3.84. The van der Waals surface area contributed by atoms with Crippen molar-refractivity contribution in [2.45, 2.75) is 13.5 Å². The Morgan fingerprint density at radius 1 is 1.19 bits per heavy atom. The first kappa shape index (κ1) is 18.1. The summed E-state index contributed by atoms with van der Waals surface area (Å²) in [5.74, 6) is 1.25. The Kier molecular flexibility index (Phi) is 5.68. The molecule has 6 nitrogen and oxygen atoms in total. The molecule has 3 aromatic rings. The lowest BCUT2D eigenvalue weighted by Crippen LogP contribution is -2.31. The van der Waals surface area contributed by atoms with Gasteiger partial charge in [-0.15, -0.1) is 10.2 Å². The van der Waals surface area contributed by atoms with Gasteiger partial charge in [-0.3, -0.25) is 4.79 Å². The third kappa shape index (κ3) is 4.49. The molecule has 26 heavy (non-hydrogen) atoms. The highest BCUT2D eigenvalue weighted by Gasteiger charge is 2.15. The molecule has 0 fully saturated rings. The minimum Gasteiger partial charge on any atom is -0.483 e. The van der Waals surface area contributed by atoms with Gasteiger partial charge in [-0.2, -0.15) is 0 Å². The number of hydrogen-bond acceptors (Lipinski definition) is 5. The number of halogens is 1. The van der Waals surface area contributed by atoms with E-state index in [2.05, 4.69) is 26.1 Å². The average molecular weight is 416 g/mol. The molecule has 1 amide bonds. The number of nitrogens with zero attached hydrogens (tertiary/aromatic N) is 3. The number of carbonyl (C=O) groups is 1. The summed E-state index contributed by atoms with van der Waals surface area (Å²) in [6.45, 7) is 2.14. The van der Waals surface area contributed by atoms with Gasteiger partial charge < -0.3 is 14.1 Å². The molecule has 0 aliphatic rings. The third-order valence-corrected chi connectivity index (χ3v) is 4.34. The van der Waals surface area contributed by atoms with Gasteiger partial charge in [0, 0.05) is 12.6 Å². The highest BCUT2D eigenvalue weighted by atomic mass is 79.9. The summed E-state index contributed by atoms with van der Waals surface area (Å²) in [6, 6.07) is 15.2. The van der Waals surface area contributed by atoms with Crippen LogP contribution in [0.3, 0.4) is 0 Å². The topological polar surface area (TPSA) is 68.5 Å².